The summed E-state index contributed by atoms with van der Waals surface area (Å²) >= 11 is 0. The molecule has 0 spiro atoms. The van der Waals surface area contributed by atoms with Gasteiger partial charge in [-0.1, -0.05) is 24.3 Å². The second-order valence-electron chi connectivity index (χ2n) is 8.09. The van der Waals surface area contributed by atoms with E-state index in [1.165, 1.54) is 0 Å². The molecule has 2 heterocycles. The molecular formula is C26H29N5NeO3. The normalized spacial score (nSPS) is 10.7. The molecule has 8 nitrogen and oxygen atoms in total. The van der Waals surface area contributed by atoms with E-state index in [9.17, 15) is 0 Å². The fraction of sp³-hybridized carbons (Fsp3) is 0.308. The maximum Gasteiger partial charge on any atom is 0.177 e. The molecule has 0 aliphatic heterocycles. The van der Waals surface area contributed by atoms with Gasteiger partial charge in [-0.15, -0.1) is 5.10 Å². The average molecular weight is 480 g/mol. The van der Waals surface area contributed by atoms with Crippen molar-refractivity contribution >= 4 is 0 Å². The number of benzene rings is 2. The number of aryl methyl sites for hydroxylation is 3. The van der Waals surface area contributed by atoms with Crippen LogP contribution >= 0.6 is 0 Å². The average Bonchev–Trinajstić information content (AvgIpc) is 3.22. The fourth-order valence-corrected chi connectivity index (χ4v) is 3.70. The second-order valence-corrected chi connectivity index (χ2v) is 8.09. The van der Waals surface area contributed by atoms with Gasteiger partial charge in [0, 0.05) is 24.3 Å². The smallest absolute Gasteiger partial charge is 0.177 e. The second kappa shape index (κ2) is 11.5. The van der Waals surface area contributed by atoms with Crippen LogP contribution in [-0.2, 0) is 24.4 Å². The third-order valence-corrected chi connectivity index (χ3v) is 5.38. The summed E-state index contributed by atoms with van der Waals surface area (Å²) in [5.74, 6) is 4.40. The first kappa shape index (κ1) is 25.7. The van der Waals surface area contributed by atoms with Crippen molar-refractivity contribution in [3.63, 3.8) is 0 Å². The molecule has 0 N–H and O–H groups in total. The molecule has 35 heavy (non-hydrogen) atoms. The summed E-state index contributed by atoms with van der Waals surface area (Å²) < 4.78 is 18.4. The van der Waals surface area contributed by atoms with Gasteiger partial charge in [0.05, 0.1) is 20.8 Å². The van der Waals surface area contributed by atoms with E-state index in [0.29, 0.717) is 30.5 Å². The molecule has 2 aromatic heterocycles. The minimum absolute atomic E-state index is 0. The molecule has 2 aromatic carbocycles. The number of aromatic nitrogens is 5. The van der Waals surface area contributed by atoms with Crippen LogP contribution in [0, 0.1) is 26.9 Å². The zero-order valence-electron chi connectivity index (χ0n) is 20.6. The number of hydrogen-bond donors (Lipinski definition) is 0. The van der Waals surface area contributed by atoms with Gasteiger partial charge in [0.2, 0.25) is 0 Å². The van der Waals surface area contributed by atoms with Crippen molar-refractivity contribution in [3.05, 3.63) is 88.4 Å². The van der Waals surface area contributed by atoms with Crippen LogP contribution < -0.4 is 9.47 Å². The predicted octanol–water partition coefficient (Wildman–Crippen LogP) is 4.31. The molecule has 0 radical (unpaired) electrons. The van der Waals surface area contributed by atoms with Gasteiger partial charge in [0.1, 0.15) is 29.8 Å². The van der Waals surface area contributed by atoms with Gasteiger partial charge in [0.15, 0.2) is 11.6 Å². The van der Waals surface area contributed by atoms with Crippen LogP contribution in [0.15, 0.2) is 48.5 Å². The maximum absolute atomic E-state index is 5.90. The number of rotatable bonds is 9. The van der Waals surface area contributed by atoms with E-state index in [1.54, 1.807) is 18.9 Å². The van der Waals surface area contributed by atoms with Gasteiger partial charge in [-0.05, 0) is 55.7 Å². The van der Waals surface area contributed by atoms with Crippen LogP contribution in [-0.4, -0.2) is 39.0 Å². The summed E-state index contributed by atoms with van der Waals surface area (Å²) in [6, 6.07) is 15.9. The summed E-state index contributed by atoms with van der Waals surface area (Å²) in [7, 11) is 3.33. The molecule has 0 aliphatic carbocycles. The Morgan fingerprint density at radius 2 is 1.54 bits per heavy atom. The molecule has 4 rings (SSSR count). The first-order chi connectivity index (χ1) is 16.4. The van der Waals surface area contributed by atoms with Crippen LogP contribution in [0.2, 0.25) is 0 Å². The van der Waals surface area contributed by atoms with Gasteiger partial charge in [0.25, 0.3) is 0 Å². The summed E-state index contributed by atoms with van der Waals surface area (Å²) in [5.41, 5.74) is 4.08. The standard InChI is InChI=1S/C26H29N5O3.Ne/c1-17-6-7-21(13-23(17)33-5)14-26-29-24(16-34-15-20-8-10-22(32-4)11-9-20)30-31(26)25-12-18(2)27-19(3)28-25;/h6-13H,14-16H2,1-5H3;. The van der Waals surface area contributed by atoms with Gasteiger partial charge in [-0.2, -0.15) is 4.68 Å². The van der Waals surface area contributed by atoms with Crippen LogP contribution in [0.1, 0.15) is 39.9 Å². The summed E-state index contributed by atoms with van der Waals surface area (Å²) in [4.78, 5) is 13.8. The maximum atomic E-state index is 5.90. The molecule has 184 valence electrons. The Hall–Kier alpha value is -3.87. The van der Waals surface area contributed by atoms with E-state index in [-0.39, 0.29) is 12.8 Å². The van der Waals surface area contributed by atoms with Gasteiger partial charge in [-0.25, -0.2) is 15.0 Å². The molecule has 0 aliphatic rings. The molecule has 0 atom stereocenters. The monoisotopic (exact) mass is 479 g/mol. The number of methoxy groups -OCH3 is 2. The Kier molecular flexibility index (Phi) is 8.47. The molecule has 0 saturated carbocycles. The van der Waals surface area contributed by atoms with E-state index < -0.39 is 0 Å². The fourth-order valence-electron chi connectivity index (χ4n) is 3.70. The van der Waals surface area contributed by atoms with Gasteiger partial charge >= 0.3 is 0 Å². The number of nitrogens with zero attached hydrogens (tertiary/aromatic N) is 5. The van der Waals surface area contributed by atoms with Crippen molar-refractivity contribution in [3.8, 4) is 17.3 Å². The van der Waals surface area contributed by atoms with Crippen molar-refractivity contribution in [1.29, 1.82) is 0 Å². The van der Waals surface area contributed by atoms with Crippen molar-refractivity contribution in [2.24, 2.45) is 0 Å². The van der Waals surface area contributed by atoms with Crippen LogP contribution in [0.5, 0.6) is 11.5 Å². The molecule has 0 fully saturated rings. The topological polar surface area (TPSA) is 84.2 Å². The number of ether oxygens (including phenoxy) is 3. The van der Waals surface area contributed by atoms with Crippen molar-refractivity contribution in [1.82, 2.24) is 24.7 Å². The Labute approximate surface area is 205 Å². The molecule has 4 aromatic rings. The van der Waals surface area contributed by atoms with Crippen molar-refractivity contribution in [2.45, 2.75) is 40.4 Å². The molecule has 0 bridgehead atoms. The van der Waals surface area contributed by atoms with Crippen LogP contribution in [0.4, 0.5) is 0 Å². The Morgan fingerprint density at radius 3 is 2.23 bits per heavy atom. The molecule has 9 heteroatoms. The van der Waals surface area contributed by atoms with Gasteiger partial charge < -0.3 is 14.2 Å². The Morgan fingerprint density at radius 1 is 0.800 bits per heavy atom. The molecule has 0 saturated heterocycles. The minimum atomic E-state index is 0. The number of hydrogen-bond acceptors (Lipinski definition) is 7. The van der Waals surface area contributed by atoms with Crippen molar-refractivity contribution in [2.75, 3.05) is 14.2 Å². The molecule has 0 amide bonds. The van der Waals surface area contributed by atoms with E-state index in [2.05, 4.69) is 16.0 Å². The van der Waals surface area contributed by atoms with Gasteiger partial charge in [-0.3, -0.25) is 0 Å². The first-order valence-electron chi connectivity index (χ1n) is 11.1. The SMILES string of the molecule is COc1ccc(COCc2nc(Cc3ccc(C)c(OC)c3)n(-c3cc(C)nc(C)n3)n2)cc1.[Ne]. The zero-order valence-corrected chi connectivity index (χ0v) is 20.6. The largest absolute Gasteiger partial charge is 0.497 e. The van der Waals surface area contributed by atoms with E-state index in [4.69, 9.17) is 24.3 Å². The third-order valence-electron chi connectivity index (χ3n) is 5.38. The molecular weight excluding hydrogens is 450 g/mol. The summed E-state index contributed by atoms with van der Waals surface area (Å²) in [5, 5.41) is 4.72. The Bertz CT molecular complexity index is 1250. The van der Waals surface area contributed by atoms with E-state index in [1.807, 2.05) is 63.2 Å². The molecule has 0 unspecified atom stereocenters. The quantitative estimate of drug-likeness (QED) is 0.354. The van der Waals surface area contributed by atoms with Crippen molar-refractivity contribution < 1.29 is 20.4 Å². The van der Waals surface area contributed by atoms with Crippen LogP contribution in [0.25, 0.3) is 5.82 Å². The van der Waals surface area contributed by atoms with E-state index in [0.717, 1.165) is 39.7 Å². The predicted molar refractivity (Wildman–Crippen MR) is 128 cm³/mol. The van der Waals surface area contributed by atoms with Crippen LogP contribution in [0.3, 0.4) is 0 Å². The summed E-state index contributed by atoms with van der Waals surface area (Å²) in [6.45, 7) is 6.58. The summed E-state index contributed by atoms with van der Waals surface area (Å²) in [6.07, 6.45) is 0.574. The van der Waals surface area contributed by atoms with E-state index >= 15 is 0 Å². The third kappa shape index (κ3) is 6.38. The first-order valence-corrected chi connectivity index (χ1v) is 11.1. The Balaban J connectivity index is 0.00000342. The zero-order chi connectivity index (χ0) is 24.1. The minimum Gasteiger partial charge on any atom is -0.497 e.